The van der Waals surface area contributed by atoms with Gasteiger partial charge in [0.25, 0.3) is 0 Å². The Balaban J connectivity index is 3.49. The summed E-state index contributed by atoms with van der Waals surface area (Å²) >= 11 is 2.95. The van der Waals surface area contributed by atoms with Crippen LogP contribution in [0.25, 0.3) is 0 Å². The first kappa shape index (κ1) is 14.5. The Morgan fingerprint density at radius 2 is 2.00 bits per heavy atom. The first-order valence-corrected chi connectivity index (χ1v) is 7.58. The number of hydrogen-bond acceptors (Lipinski definition) is 4. The van der Waals surface area contributed by atoms with Gasteiger partial charge in [-0.15, -0.1) is 0 Å². The van der Waals surface area contributed by atoms with Gasteiger partial charge in [-0.2, -0.15) is 0 Å². The van der Waals surface area contributed by atoms with Crippen LogP contribution >= 0.6 is 26.6 Å². The van der Waals surface area contributed by atoms with E-state index in [1.54, 1.807) is 0 Å². The molecule has 1 aromatic carbocycles. The molecule has 0 fully saturated rings. The summed E-state index contributed by atoms with van der Waals surface area (Å²) in [6.07, 6.45) is 0. The average Bonchev–Trinajstić information content (AvgIpc) is 2.22. The lowest BCUT2D eigenvalue weighted by molar-refractivity contribution is 0.349. The van der Waals surface area contributed by atoms with Gasteiger partial charge in [-0.3, -0.25) is 0 Å². The van der Waals surface area contributed by atoms with E-state index in [4.69, 9.17) is 20.2 Å². The lowest BCUT2D eigenvalue weighted by Gasteiger charge is -2.14. The summed E-state index contributed by atoms with van der Waals surface area (Å²) in [5.41, 5.74) is 0.0827. The largest absolute Gasteiger partial charge is 0.493 e. The van der Waals surface area contributed by atoms with Crippen LogP contribution in [0.3, 0.4) is 0 Å². The molecule has 0 saturated carbocycles. The molecule has 0 amide bonds. The van der Waals surface area contributed by atoms with Crippen molar-refractivity contribution < 1.29 is 22.3 Å². The second-order valence-electron chi connectivity index (χ2n) is 3.07. The maximum atomic E-state index is 13.5. The second-order valence-corrected chi connectivity index (χ2v) is 6.64. The molecule has 0 bridgehead atoms. The number of hydrogen-bond donors (Lipinski definition) is 0. The number of methoxy groups -OCH3 is 2. The summed E-state index contributed by atoms with van der Waals surface area (Å²) in [4.78, 5) is 0. The average molecular weight is 348 g/mol. The third-order valence-electron chi connectivity index (χ3n) is 1.97. The van der Waals surface area contributed by atoms with Crippen LogP contribution in [0.5, 0.6) is 11.5 Å². The highest BCUT2D eigenvalue weighted by Crippen LogP contribution is 2.39. The van der Waals surface area contributed by atoms with E-state index < -0.39 is 20.6 Å². The number of ether oxygens (including phenoxy) is 2. The van der Waals surface area contributed by atoms with Gasteiger partial charge in [-0.25, -0.2) is 12.8 Å². The summed E-state index contributed by atoms with van der Waals surface area (Å²) in [5, 5.41) is 0. The van der Waals surface area contributed by atoms with E-state index in [9.17, 15) is 12.8 Å². The normalized spacial score (nSPS) is 11.4. The van der Waals surface area contributed by atoms with Gasteiger partial charge in [0.15, 0.2) is 11.5 Å². The minimum Gasteiger partial charge on any atom is -0.493 e. The molecule has 0 saturated heterocycles. The lowest BCUT2D eigenvalue weighted by atomic mass is 10.2. The summed E-state index contributed by atoms with van der Waals surface area (Å²) in [5.74, 6) is -0.988. The van der Waals surface area contributed by atoms with Gasteiger partial charge in [-0.05, 0) is 15.9 Å². The zero-order valence-corrected chi connectivity index (χ0v) is 12.1. The highest BCUT2D eigenvalue weighted by Gasteiger charge is 2.22. The summed E-state index contributed by atoms with van der Waals surface area (Å²) < 4.78 is 45.5. The Labute approximate surface area is 111 Å². The second kappa shape index (κ2) is 5.41. The minimum atomic E-state index is -3.83. The molecule has 1 rings (SSSR count). The molecular formula is C9H9BrClFO4S. The SMILES string of the molecule is COc1cc(F)c(Br)c(CS(=O)(=O)Cl)c1OC. The Bertz CT molecular complexity index is 532. The van der Waals surface area contributed by atoms with Gasteiger partial charge in [-0.1, -0.05) is 0 Å². The van der Waals surface area contributed by atoms with E-state index in [1.165, 1.54) is 14.2 Å². The number of halogens is 3. The van der Waals surface area contributed by atoms with Crippen molar-refractivity contribution in [3.8, 4) is 11.5 Å². The lowest BCUT2D eigenvalue weighted by Crippen LogP contribution is -2.03. The molecule has 17 heavy (non-hydrogen) atoms. The van der Waals surface area contributed by atoms with Gasteiger partial charge >= 0.3 is 0 Å². The number of benzene rings is 1. The fourth-order valence-corrected chi connectivity index (χ4v) is 2.88. The zero-order chi connectivity index (χ0) is 13.2. The highest BCUT2D eigenvalue weighted by molar-refractivity contribution is 9.10. The Hall–Kier alpha value is -0.530. The van der Waals surface area contributed by atoms with Crippen molar-refractivity contribution >= 4 is 35.7 Å². The monoisotopic (exact) mass is 346 g/mol. The van der Waals surface area contributed by atoms with Crippen molar-refractivity contribution in [2.75, 3.05) is 14.2 Å². The van der Waals surface area contributed by atoms with E-state index in [-0.39, 0.29) is 21.5 Å². The van der Waals surface area contributed by atoms with Crippen LogP contribution in [0.2, 0.25) is 0 Å². The van der Waals surface area contributed by atoms with Crippen LogP contribution in [-0.4, -0.2) is 22.6 Å². The fourth-order valence-electron chi connectivity index (χ4n) is 1.31. The highest BCUT2D eigenvalue weighted by atomic mass is 79.9. The van der Waals surface area contributed by atoms with Crippen LogP contribution < -0.4 is 9.47 Å². The Kier molecular flexibility index (Phi) is 4.62. The van der Waals surface area contributed by atoms with Gasteiger partial charge in [0, 0.05) is 22.3 Å². The Morgan fingerprint density at radius 1 is 1.41 bits per heavy atom. The third kappa shape index (κ3) is 3.46. The van der Waals surface area contributed by atoms with E-state index in [0.717, 1.165) is 6.07 Å². The molecule has 0 N–H and O–H groups in total. The van der Waals surface area contributed by atoms with Gasteiger partial charge in [0.05, 0.1) is 24.4 Å². The van der Waals surface area contributed by atoms with Crippen LogP contribution in [0.4, 0.5) is 4.39 Å². The van der Waals surface area contributed by atoms with Gasteiger partial charge in [0.2, 0.25) is 9.05 Å². The van der Waals surface area contributed by atoms with Crippen LogP contribution in [0.15, 0.2) is 10.5 Å². The molecule has 0 spiro atoms. The summed E-state index contributed by atoms with van der Waals surface area (Å²) in [7, 11) is 3.96. The van der Waals surface area contributed by atoms with Gasteiger partial charge < -0.3 is 9.47 Å². The molecule has 0 heterocycles. The van der Waals surface area contributed by atoms with E-state index in [1.807, 2.05) is 0 Å². The van der Waals surface area contributed by atoms with Crippen molar-refractivity contribution in [1.82, 2.24) is 0 Å². The van der Waals surface area contributed by atoms with Crippen molar-refractivity contribution in [2.45, 2.75) is 5.75 Å². The third-order valence-corrected chi connectivity index (χ3v) is 3.79. The van der Waals surface area contributed by atoms with Gasteiger partial charge in [0.1, 0.15) is 5.82 Å². The van der Waals surface area contributed by atoms with Crippen molar-refractivity contribution in [3.05, 3.63) is 21.9 Å². The molecule has 0 aliphatic heterocycles. The first-order valence-electron chi connectivity index (χ1n) is 4.31. The molecular weight excluding hydrogens is 339 g/mol. The molecule has 0 aliphatic rings. The standard InChI is InChI=1S/C9H9BrClFO4S/c1-15-7-3-6(12)8(10)5(9(7)16-2)4-17(11,13)14/h3H,4H2,1-2H3. The molecule has 1 aromatic rings. The van der Waals surface area contributed by atoms with E-state index >= 15 is 0 Å². The smallest absolute Gasteiger partial charge is 0.236 e. The van der Waals surface area contributed by atoms with E-state index in [0.29, 0.717) is 0 Å². The zero-order valence-electron chi connectivity index (χ0n) is 8.96. The molecule has 8 heteroatoms. The maximum Gasteiger partial charge on any atom is 0.236 e. The van der Waals surface area contributed by atoms with Crippen LogP contribution in [0, 0.1) is 5.82 Å². The molecule has 4 nitrogen and oxygen atoms in total. The minimum absolute atomic E-state index is 0.0145. The quantitative estimate of drug-likeness (QED) is 0.786. The summed E-state index contributed by atoms with van der Waals surface area (Å²) in [6, 6.07) is 1.09. The van der Waals surface area contributed by atoms with E-state index in [2.05, 4.69) is 15.9 Å². The van der Waals surface area contributed by atoms with Crippen molar-refractivity contribution in [3.63, 3.8) is 0 Å². The Morgan fingerprint density at radius 3 is 2.41 bits per heavy atom. The van der Waals surface area contributed by atoms with Crippen LogP contribution in [0.1, 0.15) is 5.56 Å². The van der Waals surface area contributed by atoms with Crippen molar-refractivity contribution in [1.29, 1.82) is 0 Å². The van der Waals surface area contributed by atoms with Crippen molar-refractivity contribution in [2.24, 2.45) is 0 Å². The predicted molar refractivity (Wildman–Crippen MR) is 65.7 cm³/mol. The molecule has 0 unspecified atom stereocenters. The number of rotatable bonds is 4. The van der Waals surface area contributed by atoms with Crippen LogP contribution in [-0.2, 0) is 14.8 Å². The topological polar surface area (TPSA) is 52.6 Å². The molecule has 0 atom stereocenters. The molecule has 0 aliphatic carbocycles. The maximum absolute atomic E-state index is 13.5. The molecule has 0 radical (unpaired) electrons. The molecule has 0 aromatic heterocycles. The predicted octanol–water partition coefficient (Wildman–Crippen LogP) is 2.67. The fraction of sp³-hybridized carbons (Fsp3) is 0.333. The molecule has 96 valence electrons. The summed E-state index contributed by atoms with van der Waals surface area (Å²) in [6.45, 7) is 0. The first-order chi connectivity index (χ1) is 7.80.